The molecule has 0 aliphatic carbocycles. The monoisotopic (exact) mass is 186 g/mol. The van der Waals surface area contributed by atoms with Crippen molar-refractivity contribution < 1.29 is 9.59 Å². The average molecular weight is 186 g/mol. The SMILES string of the molecule is C[C@H](NC(=O)CC(N)=O)C(C)(C)C. The molecule has 1 atom stereocenters. The predicted octanol–water partition coefficient (Wildman–Crippen LogP) is 0.413. The summed E-state index contributed by atoms with van der Waals surface area (Å²) in [5.41, 5.74) is 4.87. The van der Waals surface area contributed by atoms with E-state index >= 15 is 0 Å². The summed E-state index contributed by atoms with van der Waals surface area (Å²) in [7, 11) is 0. The Morgan fingerprint density at radius 2 is 1.85 bits per heavy atom. The Balaban J connectivity index is 4.00. The van der Waals surface area contributed by atoms with Gasteiger partial charge in [0.05, 0.1) is 0 Å². The number of nitrogens with one attached hydrogen (secondary N) is 1. The molecule has 4 heteroatoms. The zero-order chi connectivity index (χ0) is 10.6. The van der Waals surface area contributed by atoms with Crippen LogP contribution in [0.3, 0.4) is 0 Å². The standard InChI is InChI=1S/C9H18N2O2/c1-6(9(2,3)4)11-8(13)5-7(10)12/h6H,5H2,1-4H3,(H2,10,12)(H,11,13)/t6-/m0/s1. The number of nitrogens with two attached hydrogens (primary N) is 1. The van der Waals surface area contributed by atoms with Crippen molar-refractivity contribution in [1.29, 1.82) is 0 Å². The molecule has 0 aromatic carbocycles. The van der Waals surface area contributed by atoms with E-state index in [4.69, 9.17) is 5.73 Å². The fourth-order valence-electron chi connectivity index (χ4n) is 0.667. The maximum atomic E-state index is 11.1. The summed E-state index contributed by atoms with van der Waals surface area (Å²) >= 11 is 0. The van der Waals surface area contributed by atoms with Crippen LogP contribution in [0.15, 0.2) is 0 Å². The van der Waals surface area contributed by atoms with Crippen LogP contribution in [-0.2, 0) is 9.59 Å². The summed E-state index contributed by atoms with van der Waals surface area (Å²) in [6.45, 7) is 7.95. The van der Waals surface area contributed by atoms with Gasteiger partial charge in [0.1, 0.15) is 6.42 Å². The lowest BCUT2D eigenvalue weighted by molar-refractivity contribution is -0.128. The summed E-state index contributed by atoms with van der Waals surface area (Å²) in [5.74, 6) is -0.909. The fraction of sp³-hybridized carbons (Fsp3) is 0.778. The lowest BCUT2D eigenvalue weighted by Gasteiger charge is -2.27. The Bertz CT molecular complexity index is 206. The van der Waals surface area contributed by atoms with Gasteiger partial charge >= 0.3 is 0 Å². The Morgan fingerprint density at radius 3 is 2.15 bits per heavy atom. The number of carbonyl (C=O) groups excluding carboxylic acids is 2. The summed E-state index contributed by atoms with van der Waals surface area (Å²) in [5, 5.41) is 2.71. The van der Waals surface area contributed by atoms with Crippen molar-refractivity contribution in [3.63, 3.8) is 0 Å². The number of primary amides is 1. The Morgan fingerprint density at radius 1 is 1.38 bits per heavy atom. The smallest absolute Gasteiger partial charge is 0.229 e. The molecule has 4 nitrogen and oxygen atoms in total. The Kier molecular flexibility index (Phi) is 3.91. The maximum Gasteiger partial charge on any atom is 0.229 e. The van der Waals surface area contributed by atoms with Gasteiger partial charge in [-0.3, -0.25) is 9.59 Å². The van der Waals surface area contributed by atoms with E-state index in [1.54, 1.807) is 0 Å². The molecule has 0 fully saturated rings. The summed E-state index contributed by atoms with van der Waals surface area (Å²) in [4.78, 5) is 21.5. The molecule has 0 bridgehead atoms. The molecule has 0 aliphatic heterocycles. The highest BCUT2D eigenvalue weighted by Crippen LogP contribution is 2.18. The van der Waals surface area contributed by atoms with Crippen molar-refractivity contribution in [2.24, 2.45) is 11.1 Å². The minimum atomic E-state index is -0.599. The van der Waals surface area contributed by atoms with Crippen LogP contribution < -0.4 is 11.1 Å². The van der Waals surface area contributed by atoms with Gasteiger partial charge in [-0.15, -0.1) is 0 Å². The van der Waals surface area contributed by atoms with Crippen molar-refractivity contribution in [2.45, 2.75) is 40.2 Å². The van der Waals surface area contributed by atoms with Gasteiger partial charge in [0, 0.05) is 6.04 Å². The molecule has 0 radical (unpaired) electrons. The van der Waals surface area contributed by atoms with Gasteiger partial charge in [0.2, 0.25) is 11.8 Å². The van der Waals surface area contributed by atoms with E-state index in [-0.39, 0.29) is 23.8 Å². The van der Waals surface area contributed by atoms with Crippen LogP contribution in [0.25, 0.3) is 0 Å². The molecule has 0 rings (SSSR count). The van der Waals surface area contributed by atoms with E-state index in [2.05, 4.69) is 5.32 Å². The molecule has 0 aromatic heterocycles. The molecule has 0 unspecified atom stereocenters. The van der Waals surface area contributed by atoms with Crippen LogP contribution in [0.5, 0.6) is 0 Å². The van der Waals surface area contributed by atoms with Crippen LogP contribution in [0.2, 0.25) is 0 Å². The molecular weight excluding hydrogens is 168 g/mol. The van der Waals surface area contributed by atoms with E-state index in [1.165, 1.54) is 0 Å². The Hall–Kier alpha value is -1.06. The van der Waals surface area contributed by atoms with Gasteiger partial charge in [-0.1, -0.05) is 20.8 Å². The molecule has 3 N–H and O–H groups in total. The Labute approximate surface area is 78.9 Å². The second kappa shape index (κ2) is 4.25. The first-order valence-corrected chi connectivity index (χ1v) is 4.31. The van der Waals surface area contributed by atoms with Crippen molar-refractivity contribution >= 4 is 11.8 Å². The molecule has 0 heterocycles. The second-order valence-corrected chi connectivity index (χ2v) is 4.30. The molecule has 76 valence electrons. The molecule has 0 aromatic rings. The average Bonchev–Trinajstić information content (AvgIpc) is 1.82. The highest BCUT2D eigenvalue weighted by Gasteiger charge is 2.21. The highest BCUT2D eigenvalue weighted by molar-refractivity contribution is 5.96. The molecular formula is C9H18N2O2. The van der Waals surface area contributed by atoms with Crippen LogP contribution in [0.4, 0.5) is 0 Å². The highest BCUT2D eigenvalue weighted by atomic mass is 16.2. The quantitative estimate of drug-likeness (QED) is 0.627. The third kappa shape index (κ3) is 5.22. The lowest BCUT2D eigenvalue weighted by Crippen LogP contribution is -2.42. The van der Waals surface area contributed by atoms with Crippen LogP contribution in [0, 0.1) is 5.41 Å². The zero-order valence-electron chi connectivity index (χ0n) is 8.68. The third-order valence-corrected chi connectivity index (χ3v) is 2.01. The van der Waals surface area contributed by atoms with E-state index in [1.807, 2.05) is 27.7 Å². The molecule has 0 spiro atoms. The van der Waals surface area contributed by atoms with Crippen molar-refractivity contribution in [2.75, 3.05) is 0 Å². The van der Waals surface area contributed by atoms with Crippen molar-refractivity contribution in [1.82, 2.24) is 5.32 Å². The first kappa shape index (κ1) is 11.9. The van der Waals surface area contributed by atoms with Crippen molar-refractivity contribution in [3.05, 3.63) is 0 Å². The first-order valence-electron chi connectivity index (χ1n) is 4.31. The third-order valence-electron chi connectivity index (χ3n) is 2.01. The topological polar surface area (TPSA) is 72.2 Å². The van der Waals surface area contributed by atoms with Gasteiger partial charge in [0.25, 0.3) is 0 Å². The number of rotatable bonds is 3. The second-order valence-electron chi connectivity index (χ2n) is 4.30. The van der Waals surface area contributed by atoms with Crippen LogP contribution in [-0.4, -0.2) is 17.9 Å². The van der Waals surface area contributed by atoms with Crippen LogP contribution in [0.1, 0.15) is 34.1 Å². The number of carbonyl (C=O) groups is 2. The van der Waals surface area contributed by atoms with Gasteiger partial charge in [-0.25, -0.2) is 0 Å². The van der Waals surface area contributed by atoms with Crippen LogP contribution >= 0.6 is 0 Å². The number of amides is 2. The van der Waals surface area contributed by atoms with Gasteiger partial charge in [-0.05, 0) is 12.3 Å². The number of hydrogen-bond acceptors (Lipinski definition) is 2. The fourth-order valence-corrected chi connectivity index (χ4v) is 0.667. The van der Waals surface area contributed by atoms with E-state index < -0.39 is 5.91 Å². The minimum Gasteiger partial charge on any atom is -0.369 e. The predicted molar refractivity (Wildman–Crippen MR) is 50.9 cm³/mol. The first-order chi connectivity index (χ1) is 5.73. The van der Waals surface area contributed by atoms with E-state index in [9.17, 15) is 9.59 Å². The molecule has 13 heavy (non-hydrogen) atoms. The van der Waals surface area contributed by atoms with E-state index in [0.29, 0.717) is 0 Å². The molecule has 0 saturated heterocycles. The summed E-state index contributed by atoms with van der Waals surface area (Å²) in [6, 6.07) is 0.0272. The zero-order valence-corrected chi connectivity index (χ0v) is 8.68. The minimum absolute atomic E-state index is 0.00664. The van der Waals surface area contributed by atoms with Gasteiger partial charge in [0.15, 0.2) is 0 Å². The number of hydrogen-bond donors (Lipinski definition) is 2. The van der Waals surface area contributed by atoms with Gasteiger partial charge < -0.3 is 11.1 Å². The van der Waals surface area contributed by atoms with E-state index in [0.717, 1.165) is 0 Å². The summed E-state index contributed by atoms with van der Waals surface area (Å²) in [6.07, 6.45) is -0.236. The maximum absolute atomic E-state index is 11.1. The molecule has 0 aliphatic rings. The van der Waals surface area contributed by atoms with Crippen molar-refractivity contribution in [3.8, 4) is 0 Å². The summed E-state index contributed by atoms with van der Waals surface area (Å²) < 4.78 is 0. The molecule has 2 amide bonds. The van der Waals surface area contributed by atoms with Gasteiger partial charge in [-0.2, -0.15) is 0 Å². The lowest BCUT2D eigenvalue weighted by atomic mass is 9.88. The molecule has 0 saturated carbocycles. The largest absolute Gasteiger partial charge is 0.369 e. The normalized spacial score (nSPS) is 13.5.